The minimum Gasteiger partial charge on any atom is -0.467 e. The summed E-state index contributed by atoms with van der Waals surface area (Å²) in [5, 5.41) is 0. The number of pyridine rings is 1. The molecule has 164 valence electrons. The third-order valence-electron chi connectivity index (χ3n) is 5.09. The molecule has 1 amide bonds. The Balaban J connectivity index is 1.98. The molecule has 0 aliphatic carbocycles. The second-order valence-corrected chi connectivity index (χ2v) is 9.11. The molecule has 0 aliphatic heterocycles. The van der Waals surface area contributed by atoms with Crippen molar-refractivity contribution in [3.8, 4) is 0 Å². The normalized spacial score (nSPS) is 11.6. The van der Waals surface area contributed by atoms with E-state index in [0.29, 0.717) is 36.5 Å². The second-order valence-electron chi connectivity index (χ2n) is 7.17. The van der Waals surface area contributed by atoms with Crippen LogP contribution in [0.3, 0.4) is 0 Å². The van der Waals surface area contributed by atoms with Crippen LogP contribution in [-0.2, 0) is 23.1 Å². The summed E-state index contributed by atoms with van der Waals surface area (Å²) in [5.74, 6) is 0.371. The first-order chi connectivity index (χ1) is 14.9. The Hall–Kier alpha value is -2.97. The summed E-state index contributed by atoms with van der Waals surface area (Å²) in [6, 6.07) is 12.0. The highest BCUT2D eigenvalue weighted by atomic mass is 32.2. The van der Waals surface area contributed by atoms with Crippen molar-refractivity contribution >= 4 is 15.9 Å². The summed E-state index contributed by atoms with van der Waals surface area (Å²) in [7, 11) is -3.67. The van der Waals surface area contributed by atoms with Crippen molar-refractivity contribution in [1.29, 1.82) is 0 Å². The van der Waals surface area contributed by atoms with E-state index in [-0.39, 0.29) is 17.3 Å². The van der Waals surface area contributed by atoms with Gasteiger partial charge in [0.15, 0.2) is 0 Å². The van der Waals surface area contributed by atoms with Crippen molar-refractivity contribution in [3.63, 3.8) is 0 Å². The van der Waals surface area contributed by atoms with E-state index >= 15 is 0 Å². The molecular formula is C23H27N3O4S. The average Bonchev–Trinajstić information content (AvgIpc) is 3.27. The predicted molar refractivity (Wildman–Crippen MR) is 118 cm³/mol. The number of sulfonamides is 1. The molecule has 0 aliphatic rings. The van der Waals surface area contributed by atoms with Crippen LogP contribution in [0.1, 0.15) is 41.1 Å². The zero-order valence-electron chi connectivity index (χ0n) is 18.0. The number of amides is 1. The predicted octanol–water partition coefficient (Wildman–Crippen LogP) is 3.86. The van der Waals surface area contributed by atoms with Gasteiger partial charge in [0.1, 0.15) is 5.76 Å². The summed E-state index contributed by atoms with van der Waals surface area (Å²) < 4.78 is 32.8. The first kappa shape index (κ1) is 22.7. The fourth-order valence-electron chi connectivity index (χ4n) is 3.38. The Morgan fingerprint density at radius 3 is 2.45 bits per heavy atom. The molecule has 2 aromatic heterocycles. The van der Waals surface area contributed by atoms with Gasteiger partial charge in [0.05, 0.1) is 17.7 Å². The molecule has 0 atom stereocenters. The molecule has 0 fully saturated rings. The average molecular weight is 442 g/mol. The number of aromatic nitrogens is 1. The lowest BCUT2D eigenvalue weighted by molar-refractivity contribution is 0.0716. The third-order valence-corrected chi connectivity index (χ3v) is 7.14. The maximum absolute atomic E-state index is 13.5. The molecule has 0 unspecified atom stereocenters. The van der Waals surface area contributed by atoms with E-state index in [1.165, 1.54) is 10.4 Å². The Bertz CT molecular complexity index is 1110. The first-order valence-electron chi connectivity index (χ1n) is 10.2. The van der Waals surface area contributed by atoms with Gasteiger partial charge in [0.2, 0.25) is 10.0 Å². The summed E-state index contributed by atoms with van der Waals surface area (Å²) in [6.07, 6.45) is 4.94. The fourth-order valence-corrected chi connectivity index (χ4v) is 4.86. The van der Waals surface area contributed by atoms with Crippen LogP contribution in [0.25, 0.3) is 0 Å². The SMILES string of the molecule is CCN(CC)S(=O)(=O)c1ccc(C)c(C(=O)N(Cc2cccnc2)Cc2ccco2)c1. The lowest BCUT2D eigenvalue weighted by Crippen LogP contribution is -2.32. The Morgan fingerprint density at radius 1 is 1.06 bits per heavy atom. The lowest BCUT2D eigenvalue weighted by atomic mass is 10.1. The van der Waals surface area contributed by atoms with Gasteiger partial charge in [0.25, 0.3) is 5.91 Å². The number of aryl methyl sites for hydroxylation is 1. The van der Waals surface area contributed by atoms with E-state index in [1.807, 2.05) is 12.1 Å². The van der Waals surface area contributed by atoms with Crippen LogP contribution < -0.4 is 0 Å². The van der Waals surface area contributed by atoms with Gasteiger partial charge in [-0.25, -0.2) is 8.42 Å². The van der Waals surface area contributed by atoms with E-state index in [2.05, 4.69) is 4.98 Å². The highest BCUT2D eigenvalue weighted by Crippen LogP contribution is 2.22. The van der Waals surface area contributed by atoms with E-state index in [1.54, 1.807) is 68.6 Å². The second kappa shape index (κ2) is 9.89. The van der Waals surface area contributed by atoms with Crippen molar-refractivity contribution < 1.29 is 17.6 Å². The van der Waals surface area contributed by atoms with Crippen LogP contribution in [-0.4, -0.2) is 41.6 Å². The van der Waals surface area contributed by atoms with Crippen molar-refractivity contribution in [2.24, 2.45) is 0 Å². The van der Waals surface area contributed by atoms with Crippen LogP contribution >= 0.6 is 0 Å². The number of rotatable bonds is 9. The molecule has 0 N–H and O–H groups in total. The molecule has 8 heteroatoms. The molecule has 0 saturated carbocycles. The number of hydrogen-bond acceptors (Lipinski definition) is 5. The van der Waals surface area contributed by atoms with Crippen LogP contribution in [0.2, 0.25) is 0 Å². The number of benzene rings is 1. The van der Waals surface area contributed by atoms with Gasteiger partial charge in [-0.15, -0.1) is 0 Å². The highest BCUT2D eigenvalue weighted by molar-refractivity contribution is 7.89. The van der Waals surface area contributed by atoms with Gasteiger partial charge in [-0.3, -0.25) is 9.78 Å². The zero-order valence-corrected chi connectivity index (χ0v) is 18.8. The molecule has 0 saturated heterocycles. The number of carbonyl (C=O) groups excluding carboxylic acids is 1. The number of hydrogen-bond donors (Lipinski definition) is 0. The molecular weight excluding hydrogens is 414 g/mol. The van der Waals surface area contributed by atoms with Gasteiger partial charge < -0.3 is 9.32 Å². The Kier molecular flexibility index (Phi) is 7.25. The number of carbonyl (C=O) groups is 1. The largest absolute Gasteiger partial charge is 0.467 e. The van der Waals surface area contributed by atoms with E-state index in [4.69, 9.17) is 4.42 Å². The molecule has 0 bridgehead atoms. The van der Waals surface area contributed by atoms with Crippen molar-refractivity contribution in [2.45, 2.75) is 38.8 Å². The molecule has 1 aromatic carbocycles. The minimum absolute atomic E-state index is 0.115. The molecule has 3 rings (SSSR count). The van der Waals surface area contributed by atoms with Crippen LogP contribution in [0.5, 0.6) is 0 Å². The van der Waals surface area contributed by atoms with Crippen molar-refractivity contribution in [3.05, 3.63) is 83.6 Å². The monoisotopic (exact) mass is 441 g/mol. The first-order valence-corrected chi connectivity index (χ1v) is 11.6. The fraction of sp³-hybridized carbons (Fsp3) is 0.304. The standard InChI is InChI=1S/C23H27N3O4S/c1-4-26(5-2)31(28,29)21-11-10-18(3)22(14-21)23(27)25(17-20-9-7-13-30-20)16-19-8-6-12-24-15-19/h6-15H,4-5,16-17H2,1-3H3. The molecule has 2 heterocycles. The van der Waals surface area contributed by atoms with Gasteiger partial charge in [-0.2, -0.15) is 4.31 Å². The number of nitrogens with zero attached hydrogens (tertiary/aromatic N) is 3. The zero-order chi connectivity index (χ0) is 22.4. The molecule has 0 radical (unpaired) electrons. The van der Waals surface area contributed by atoms with Crippen molar-refractivity contribution in [1.82, 2.24) is 14.2 Å². The Labute approximate surface area is 183 Å². The molecule has 3 aromatic rings. The smallest absolute Gasteiger partial charge is 0.254 e. The molecule has 31 heavy (non-hydrogen) atoms. The summed E-state index contributed by atoms with van der Waals surface area (Å²) in [5.41, 5.74) is 1.93. The third kappa shape index (κ3) is 5.21. The van der Waals surface area contributed by atoms with Crippen molar-refractivity contribution in [2.75, 3.05) is 13.1 Å². The lowest BCUT2D eigenvalue weighted by Gasteiger charge is -2.24. The van der Waals surface area contributed by atoms with Gasteiger partial charge in [-0.05, 0) is 48.4 Å². The van der Waals surface area contributed by atoms with E-state index in [0.717, 1.165) is 5.56 Å². The Morgan fingerprint density at radius 2 is 1.84 bits per heavy atom. The van der Waals surface area contributed by atoms with Crippen LogP contribution in [0.15, 0.2) is 70.4 Å². The van der Waals surface area contributed by atoms with Gasteiger partial charge in [0, 0.05) is 37.6 Å². The van der Waals surface area contributed by atoms with E-state index < -0.39 is 10.0 Å². The van der Waals surface area contributed by atoms with E-state index in [9.17, 15) is 13.2 Å². The van der Waals surface area contributed by atoms with Gasteiger partial charge in [-0.1, -0.05) is 26.0 Å². The minimum atomic E-state index is -3.67. The maximum Gasteiger partial charge on any atom is 0.254 e. The van der Waals surface area contributed by atoms with Gasteiger partial charge >= 0.3 is 0 Å². The quantitative estimate of drug-likeness (QED) is 0.504. The topological polar surface area (TPSA) is 83.7 Å². The highest BCUT2D eigenvalue weighted by Gasteiger charge is 2.25. The number of furan rings is 1. The van der Waals surface area contributed by atoms with Crippen LogP contribution in [0, 0.1) is 6.92 Å². The summed E-state index contributed by atoms with van der Waals surface area (Å²) in [6.45, 7) is 6.69. The summed E-state index contributed by atoms with van der Waals surface area (Å²) >= 11 is 0. The summed E-state index contributed by atoms with van der Waals surface area (Å²) in [4.78, 5) is 19.4. The van der Waals surface area contributed by atoms with Crippen LogP contribution in [0.4, 0.5) is 0 Å². The molecule has 7 nitrogen and oxygen atoms in total. The molecule has 0 spiro atoms. The maximum atomic E-state index is 13.5.